The first kappa shape index (κ1) is 18.7. The normalized spacial score (nSPS) is 10.3. The number of rotatable bonds is 8. The number of nitrogens with zero attached hydrogens (tertiary/aromatic N) is 1. The fourth-order valence-corrected chi connectivity index (χ4v) is 2.81. The minimum atomic E-state index is -0.377. The maximum atomic E-state index is 12.2. The summed E-state index contributed by atoms with van der Waals surface area (Å²) < 4.78 is 5.56. The van der Waals surface area contributed by atoms with E-state index in [0.717, 1.165) is 24.7 Å². The largest absolute Gasteiger partial charge is 0.415 e. The third kappa shape index (κ3) is 5.18. The minimum Gasteiger partial charge on any atom is -0.410 e. The lowest BCUT2D eigenvalue weighted by Gasteiger charge is -2.19. The number of benzene rings is 2. The lowest BCUT2D eigenvalue weighted by Crippen LogP contribution is -2.33. The summed E-state index contributed by atoms with van der Waals surface area (Å²) in [7, 11) is 0. The summed E-state index contributed by atoms with van der Waals surface area (Å²) in [6, 6.07) is 15.5. The van der Waals surface area contributed by atoms with Crippen molar-refractivity contribution in [2.75, 3.05) is 13.1 Å². The molecule has 0 N–H and O–H groups in total. The Morgan fingerprint density at radius 2 is 1.72 bits per heavy atom. The molecule has 0 saturated heterocycles. The van der Waals surface area contributed by atoms with Crippen molar-refractivity contribution in [3.63, 3.8) is 0 Å². The van der Waals surface area contributed by atoms with Gasteiger partial charge in [0.05, 0.1) is 0 Å². The Morgan fingerprint density at radius 1 is 1.00 bits per heavy atom. The molecule has 0 aromatic heterocycles. The van der Waals surface area contributed by atoms with Crippen LogP contribution in [0.3, 0.4) is 0 Å². The summed E-state index contributed by atoms with van der Waals surface area (Å²) in [6.07, 6.45) is 2.93. The van der Waals surface area contributed by atoms with E-state index in [1.807, 2.05) is 32.0 Å². The number of aryl methyl sites for hydroxylation is 1. The lowest BCUT2D eigenvalue weighted by atomic mass is 9.99. The first-order chi connectivity index (χ1) is 12.2. The van der Waals surface area contributed by atoms with E-state index in [1.165, 1.54) is 5.56 Å². The zero-order valence-corrected chi connectivity index (χ0v) is 14.9. The molecular weight excluding hydrogens is 314 g/mol. The zero-order chi connectivity index (χ0) is 18.1. The Balaban J connectivity index is 2.12. The second-order valence-electron chi connectivity index (χ2n) is 5.82. The van der Waals surface area contributed by atoms with E-state index in [4.69, 9.17) is 4.74 Å². The molecule has 4 heteroatoms. The molecule has 0 fully saturated rings. The number of aldehydes is 1. The van der Waals surface area contributed by atoms with Gasteiger partial charge >= 0.3 is 6.09 Å². The van der Waals surface area contributed by atoms with Gasteiger partial charge in [0, 0.05) is 24.2 Å². The maximum Gasteiger partial charge on any atom is 0.415 e. The van der Waals surface area contributed by atoms with Crippen LogP contribution in [0.25, 0.3) is 0 Å². The number of carbonyl (C=O) groups is 2. The van der Waals surface area contributed by atoms with E-state index in [9.17, 15) is 9.59 Å². The number of hydrogen-bond acceptors (Lipinski definition) is 3. The van der Waals surface area contributed by atoms with Gasteiger partial charge in [-0.1, -0.05) is 42.5 Å². The quantitative estimate of drug-likeness (QED) is 0.665. The van der Waals surface area contributed by atoms with Crippen LogP contribution in [0, 0.1) is 0 Å². The average Bonchev–Trinajstić information content (AvgIpc) is 2.64. The Hall–Kier alpha value is -2.62. The monoisotopic (exact) mass is 339 g/mol. The Kier molecular flexibility index (Phi) is 7.20. The molecule has 25 heavy (non-hydrogen) atoms. The van der Waals surface area contributed by atoms with Crippen molar-refractivity contribution < 1.29 is 14.3 Å². The van der Waals surface area contributed by atoms with Crippen LogP contribution < -0.4 is 4.74 Å². The van der Waals surface area contributed by atoms with E-state index in [2.05, 4.69) is 12.1 Å². The third-order valence-electron chi connectivity index (χ3n) is 4.25. The molecule has 0 aliphatic carbocycles. The number of ether oxygens (including phenoxy) is 1. The average molecular weight is 339 g/mol. The van der Waals surface area contributed by atoms with Gasteiger partial charge in [0.25, 0.3) is 0 Å². The highest BCUT2D eigenvalue weighted by Gasteiger charge is 2.16. The molecule has 0 saturated carbocycles. The van der Waals surface area contributed by atoms with E-state index >= 15 is 0 Å². The highest BCUT2D eigenvalue weighted by molar-refractivity contribution is 5.80. The van der Waals surface area contributed by atoms with Gasteiger partial charge in [0.1, 0.15) is 12.0 Å². The van der Waals surface area contributed by atoms with E-state index in [1.54, 1.807) is 23.1 Å². The van der Waals surface area contributed by atoms with Gasteiger partial charge in [-0.25, -0.2) is 4.79 Å². The van der Waals surface area contributed by atoms with Crippen molar-refractivity contribution in [3.8, 4) is 5.75 Å². The summed E-state index contributed by atoms with van der Waals surface area (Å²) in [4.78, 5) is 25.2. The van der Waals surface area contributed by atoms with Crippen LogP contribution >= 0.6 is 0 Å². The van der Waals surface area contributed by atoms with Gasteiger partial charge in [-0.2, -0.15) is 0 Å². The predicted molar refractivity (Wildman–Crippen MR) is 99.2 cm³/mol. The van der Waals surface area contributed by atoms with Crippen LogP contribution in [0.2, 0.25) is 0 Å². The number of amides is 1. The minimum absolute atomic E-state index is 0.377. The molecule has 0 aliphatic rings. The summed E-state index contributed by atoms with van der Waals surface area (Å²) in [5.74, 6) is 0.481. The van der Waals surface area contributed by atoms with Gasteiger partial charge < -0.3 is 9.64 Å². The summed E-state index contributed by atoms with van der Waals surface area (Å²) in [6.45, 7) is 5.00. The fourth-order valence-electron chi connectivity index (χ4n) is 2.81. The Labute approximate surface area is 149 Å². The Bertz CT molecular complexity index is 694. The molecule has 1 amide bonds. The van der Waals surface area contributed by atoms with Gasteiger partial charge in [-0.3, -0.25) is 4.79 Å². The van der Waals surface area contributed by atoms with Gasteiger partial charge in [0.2, 0.25) is 0 Å². The third-order valence-corrected chi connectivity index (χ3v) is 4.25. The van der Waals surface area contributed by atoms with E-state index in [-0.39, 0.29) is 6.09 Å². The molecule has 4 nitrogen and oxygen atoms in total. The highest BCUT2D eigenvalue weighted by atomic mass is 16.6. The summed E-state index contributed by atoms with van der Waals surface area (Å²) in [5, 5.41) is 0. The molecule has 0 aliphatic heterocycles. The number of hydrogen-bond donors (Lipinski definition) is 0. The molecule has 132 valence electrons. The molecule has 0 bridgehead atoms. The summed E-state index contributed by atoms with van der Waals surface area (Å²) >= 11 is 0. The molecule has 0 atom stereocenters. The lowest BCUT2D eigenvalue weighted by molar-refractivity contribution is 0.112. The molecular formula is C21H25NO3. The van der Waals surface area contributed by atoms with E-state index < -0.39 is 0 Å². The van der Waals surface area contributed by atoms with Crippen LogP contribution in [0.1, 0.15) is 41.8 Å². The van der Waals surface area contributed by atoms with Crippen LogP contribution in [0.4, 0.5) is 4.79 Å². The molecule has 0 spiro atoms. The van der Waals surface area contributed by atoms with Crippen LogP contribution in [0.5, 0.6) is 5.75 Å². The second-order valence-corrected chi connectivity index (χ2v) is 5.82. The first-order valence-corrected chi connectivity index (χ1v) is 8.77. The van der Waals surface area contributed by atoms with Crippen LogP contribution in [-0.4, -0.2) is 30.4 Å². The smallest absolute Gasteiger partial charge is 0.410 e. The van der Waals surface area contributed by atoms with Gasteiger partial charge in [-0.05, 0) is 44.7 Å². The van der Waals surface area contributed by atoms with Crippen molar-refractivity contribution in [2.45, 2.75) is 33.1 Å². The maximum absolute atomic E-state index is 12.2. The molecule has 0 unspecified atom stereocenters. The summed E-state index contributed by atoms with van der Waals surface area (Å²) in [5.41, 5.74) is 2.64. The van der Waals surface area contributed by atoms with Crippen molar-refractivity contribution >= 4 is 12.4 Å². The number of carbonyl (C=O) groups excluding carboxylic acids is 2. The van der Waals surface area contributed by atoms with Crippen molar-refractivity contribution in [1.29, 1.82) is 0 Å². The fraction of sp³-hybridized carbons (Fsp3) is 0.333. The molecule has 0 heterocycles. The second kappa shape index (κ2) is 9.62. The van der Waals surface area contributed by atoms with E-state index in [0.29, 0.717) is 30.8 Å². The molecule has 2 rings (SSSR count). The predicted octanol–water partition coefficient (Wildman–Crippen LogP) is 4.52. The zero-order valence-electron chi connectivity index (χ0n) is 14.9. The first-order valence-electron chi connectivity index (χ1n) is 8.77. The topological polar surface area (TPSA) is 46.6 Å². The van der Waals surface area contributed by atoms with Crippen molar-refractivity contribution in [2.24, 2.45) is 0 Å². The van der Waals surface area contributed by atoms with Crippen LogP contribution in [0.15, 0.2) is 48.5 Å². The molecule has 2 aromatic rings. The SMILES string of the molecule is CCN(CC)C(=O)Oc1cccc(C=O)c1CCCc1ccccc1. The molecule has 0 radical (unpaired) electrons. The standard InChI is InChI=1S/C21H25NO3/c1-3-22(4-2)21(24)25-20-15-9-13-18(16-23)19(20)14-8-12-17-10-6-5-7-11-17/h5-7,9-11,13,15-16H,3-4,8,12,14H2,1-2H3. The van der Waals surface area contributed by atoms with Crippen molar-refractivity contribution in [3.05, 3.63) is 65.2 Å². The van der Waals surface area contributed by atoms with Gasteiger partial charge in [0.15, 0.2) is 0 Å². The van der Waals surface area contributed by atoms with Gasteiger partial charge in [-0.15, -0.1) is 0 Å². The molecule has 2 aromatic carbocycles. The van der Waals surface area contributed by atoms with Crippen LogP contribution in [-0.2, 0) is 12.8 Å². The Morgan fingerprint density at radius 3 is 2.36 bits per heavy atom. The highest BCUT2D eigenvalue weighted by Crippen LogP contribution is 2.24. The van der Waals surface area contributed by atoms with Crippen molar-refractivity contribution in [1.82, 2.24) is 4.90 Å².